The van der Waals surface area contributed by atoms with E-state index in [9.17, 15) is 4.79 Å². The molecular formula is C21H20ClN3O2. The van der Waals surface area contributed by atoms with Crippen LogP contribution in [-0.4, -0.2) is 31.1 Å². The summed E-state index contributed by atoms with van der Waals surface area (Å²) in [4.78, 5) is 19.6. The van der Waals surface area contributed by atoms with Crippen LogP contribution in [0.2, 0.25) is 5.02 Å². The van der Waals surface area contributed by atoms with E-state index in [0.29, 0.717) is 22.3 Å². The van der Waals surface area contributed by atoms with E-state index in [4.69, 9.17) is 16.3 Å². The van der Waals surface area contributed by atoms with E-state index in [0.717, 1.165) is 42.4 Å². The Kier molecular flexibility index (Phi) is 4.86. The zero-order valence-corrected chi connectivity index (χ0v) is 15.8. The lowest BCUT2D eigenvalue weighted by atomic mass is 10.1. The molecule has 2 heterocycles. The van der Waals surface area contributed by atoms with E-state index < -0.39 is 0 Å². The maximum absolute atomic E-state index is 12.9. The zero-order chi connectivity index (χ0) is 18.8. The number of anilines is 2. The van der Waals surface area contributed by atoms with Crippen molar-refractivity contribution in [2.45, 2.75) is 12.8 Å². The Bertz CT molecular complexity index is 1000. The molecule has 27 heavy (non-hydrogen) atoms. The van der Waals surface area contributed by atoms with E-state index in [1.165, 1.54) is 0 Å². The molecule has 1 aliphatic heterocycles. The van der Waals surface area contributed by atoms with Gasteiger partial charge in [-0.05, 0) is 48.6 Å². The number of methoxy groups -OCH3 is 1. The fourth-order valence-electron chi connectivity index (χ4n) is 3.47. The largest absolute Gasteiger partial charge is 0.481 e. The Morgan fingerprint density at radius 3 is 2.70 bits per heavy atom. The molecule has 3 aromatic rings. The molecule has 0 spiro atoms. The fraction of sp³-hybridized carbons (Fsp3) is 0.238. The number of halogens is 1. The van der Waals surface area contributed by atoms with Crippen molar-refractivity contribution >= 4 is 39.7 Å². The summed E-state index contributed by atoms with van der Waals surface area (Å²) < 4.78 is 5.37. The number of carbonyl (C=O) groups is 1. The van der Waals surface area contributed by atoms with Crippen LogP contribution in [0.1, 0.15) is 23.3 Å². The van der Waals surface area contributed by atoms with E-state index in [-0.39, 0.29) is 5.91 Å². The number of amides is 1. The number of aromatic nitrogens is 1. The number of pyridine rings is 1. The van der Waals surface area contributed by atoms with Crippen molar-refractivity contribution in [3.63, 3.8) is 0 Å². The monoisotopic (exact) mass is 381 g/mol. The predicted octanol–water partition coefficient (Wildman–Crippen LogP) is 4.75. The van der Waals surface area contributed by atoms with Crippen molar-refractivity contribution in [1.82, 2.24) is 4.98 Å². The van der Waals surface area contributed by atoms with Gasteiger partial charge < -0.3 is 15.0 Å². The number of fused-ring (bicyclic) bond motifs is 1. The lowest BCUT2D eigenvalue weighted by Crippen LogP contribution is -2.21. The highest BCUT2D eigenvalue weighted by atomic mass is 35.5. The van der Waals surface area contributed by atoms with Crippen LogP contribution in [0.4, 0.5) is 11.4 Å². The Labute approximate surface area is 162 Å². The molecular weight excluding hydrogens is 362 g/mol. The molecule has 4 rings (SSSR count). The van der Waals surface area contributed by atoms with Gasteiger partial charge in [0.25, 0.3) is 5.91 Å². The van der Waals surface area contributed by atoms with Crippen LogP contribution in [0.5, 0.6) is 5.88 Å². The second-order valence-corrected chi connectivity index (χ2v) is 6.98. The first-order valence-electron chi connectivity index (χ1n) is 8.95. The smallest absolute Gasteiger partial charge is 0.274 e. The summed E-state index contributed by atoms with van der Waals surface area (Å²) in [6, 6.07) is 15.1. The molecule has 138 valence electrons. The molecule has 0 atom stereocenters. The van der Waals surface area contributed by atoms with E-state index >= 15 is 0 Å². The maximum atomic E-state index is 12.9. The van der Waals surface area contributed by atoms with E-state index in [2.05, 4.69) is 15.2 Å². The highest BCUT2D eigenvalue weighted by Crippen LogP contribution is 2.32. The average molecular weight is 382 g/mol. The predicted molar refractivity (Wildman–Crippen MR) is 109 cm³/mol. The number of carbonyl (C=O) groups excluding carboxylic acids is 1. The Balaban J connectivity index is 1.68. The molecule has 0 aliphatic carbocycles. The summed E-state index contributed by atoms with van der Waals surface area (Å²) in [5.74, 6) is 0.144. The topological polar surface area (TPSA) is 54.5 Å². The first kappa shape index (κ1) is 17.6. The number of benzene rings is 2. The van der Waals surface area contributed by atoms with Gasteiger partial charge in [0.2, 0.25) is 5.88 Å². The molecule has 0 unspecified atom stereocenters. The third-order valence-electron chi connectivity index (χ3n) is 4.78. The highest BCUT2D eigenvalue weighted by Gasteiger charge is 2.19. The van der Waals surface area contributed by atoms with Crippen molar-refractivity contribution in [2.24, 2.45) is 0 Å². The van der Waals surface area contributed by atoms with Gasteiger partial charge in [0.15, 0.2) is 0 Å². The van der Waals surface area contributed by atoms with Gasteiger partial charge in [-0.3, -0.25) is 4.79 Å². The Morgan fingerprint density at radius 2 is 1.93 bits per heavy atom. The number of nitrogens with zero attached hydrogens (tertiary/aromatic N) is 2. The van der Waals surface area contributed by atoms with Crippen LogP contribution in [0, 0.1) is 0 Å². The van der Waals surface area contributed by atoms with Gasteiger partial charge in [0.05, 0.1) is 18.5 Å². The summed E-state index contributed by atoms with van der Waals surface area (Å²) in [6.45, 7) is 1.96. The van der Waals surface area contributed by atoms with E-state index in [1.54, 1.807) is 19.2 Å². The molecule has 6 heteroatoms. The fourth-order valence-corrected chi connectivity index (χ4v) is 3.64. The van der Waals surface area contributed by atoms with Crippen LogP contribution >= 0.6 is 11.6 Å². The van der Waals surface area contributed by atoms with Crippen molar-refractivity contribution in [3.05, 3.63) is 59.2 Å². The summed E-state index contributed by atoms with van der Waals surface area (Å²) in [5, 5.41) is 5.33. The van der Waals surface area contributed by atoms with Gasteiger partial charge in [-0.25, -0.2) is 4.98 Å². The summed E-state index contributed by atoms with van der Waals surface area (Å²) in [6.07, 6.45) is 2.30. The van der Waals surface area contributed by atoms with E-state index in [1.807, 2.05) is 36.4 Å². The number of rotatable bonds is 4. The van der Waals surface area contributed by atoms with Crippen LogP contribution in [0.3, 0.4) is 0 Å². The van der Waals surface area contributed by atoms with Crippen LogP contribution in [-0.2, 0) is 0 Å². The van der Waals surface area contributed by atoms with Gasteiger partial charge in [-0.15, -0.1) is 0 Å². The lowest BCUT2D eigenvalue weighted by molar-refractivity contribution is 0.102. The zero-order valence-electron chi connectivity index (χ0n) is 15.0. The standard InChI is InChI=1S/C21H20ClN3O2/c1-27-21-16-7-3-2-6-14(16)12-18(24-21)20(26)23-17-13-15(22)8-9-19(17)25-10-4-5-11-25/h2-3,6-9,12-13H,4-5,10-11H2,1H3,(H,23,26). The number of hydrogen-bond acceptors (Lipinski definition) is 4. The minimum atomic E-state index is -0.290. The molecule has 0 saturated carbocycles. The summed E-state index contributed by atoms with van der Waals surface area (Å²) in [7, 11) is 1.55. The molecule has 1 N–H and O–H groups in total. The first-order valence-corrected chi connectivity index (χ1v) is 9.33. The average Bonchev–Trinajstić information content (AvgIpc) is 3.21. The minimum Gasteiger partial charge on any atom is -0.481 e. The Hall–Kier alpha value is -2.79. The first-order chi connectivity index (χ1) is 13.2. The lowest BCUT2D eigenvalue weighted by Gasteiger charge is -2.22. The minimum absolute atomic E-state index is 0.290. The maximum Gasteiger partial charge on any atom is 0.274 e. The third kappa shape index (κ3) is 3.55. The molecule has 2 aromatic carbocycles. The molecule has 0 radical (unpaired) electrons. The van der Waals surface area contributed by atoms with Gasteiger partial charge in [0, 0.05) is 23.5 Å². The van der Waals surface area contributed by atoms with Gasteiger partial charge in [0.1, 0.15) is 5.69 Å². The Morgan fingerprint density at radius 1 is 1.15 bits per heavy atom. The molecule has 1 aromatic heterocycles. The summed E-state index contributed by atoms with van der Waals surface area (Å²) in [5.41, 5.74) is 1.99. The molecule has 0 bridgehead atoms. The van der Waals surface area contributed by atoms with Crippen molar-refractivity contribution in [1.29, 1.82) is 0 Å². The van der Waals surface area contributed by atoms with Crippen LogP contribution < -0.4 is 15.0 Å². The van der Waals surface area contributed by atoms with Crippen molar-refractivity contribution < 1.29 is 9.53 Å². The molecule has 1 fully saturated rings. The SMILES string of the molecule is COc1nc(C(=O)Nc2cc(Cl)ccc2N2CCCC2)cc2ccccc12. The highest BCUT2D eigenvalue weighted by molar-refractivity contribution is 6.31. The number of hydrogen-bond donors (Lipinski definition) is 1. The third-order valence-corrected chi connectivity index (χ3v) is 5.02. The molecule has 1 amide bonds. The molecule has 5 nitrogen and oxygen atoms in total. The van der Waals surface area contributed by atoms with Gasteiger partial charge in [-0.2, -0.15) is 0 Å². The van der Waals surface area contributed by atoms with Gasteiger partial charge >= 0.3 is 0 Å². The van der Waals surface area contributed by atoms with Crippen molar-refractivity contribution in [2.75, 3.05) is 30.4 Å². The quantitative estimate of drug-likeness (QED) is 0.708. The van der Waals surface area contributed by atoms with Crippen LogP contribution in [0.25, 0.3) is 10.8 Å². The second kappa shape index (κ2) is 7.45. The summed E-state index contributed by atoms with van der Waals surface area (Å²) >= 11 is 6.17. The van der Waals surface area contributed by atoms with Gasteiger partial charge in [-0.1, -0.05) is 29.8 Å². The van der Waals surface area contributed by atoms with Crippen molar-refractivity contribution in [3.8, 4) is 5.88 Å². The normalized spacial score (nSPS) is 13.8. The number of ether oxygens (including phenoxy) is 1. The molecule has 1 aliphatic rings. The molecule has 1 saturated heterocycles. The number of nitrogens with one attached hydrogen (secondary N) is 1. The second-order valence-electron chi connectivity index (χ2n) is 6.55. The van der Waals surface area contributed by atoms with Crippen LogP contribution in [0.15, 0.2) is 48.5 Å².